The van der Waals surface area contributed by atoms with Gasteiger partial charge in [0.25, 0.3) is 0 Å². The number of sulfone groups is 1. The number of benzene rings is 1. The molecule has 0 saturated carbocycles. The van der Waals surface area contributed by atoms with Crippen molar-refractivity contribution in [2.75, 3.05) is 22.1 Å². The summed E-state index contributed by atoms with van der Waals surface area (Å²) in [5, 5.41) is 15.1. The van der Waals surface area contributed by atoms with Crippen LogP contribution in [0.3, 0.4) is 0 Å². The molecule has 1 atom stereocenters. The highest BCUT2D eigenvalue weighted by Crippen LogP contribution is 2.20. The Bertz CT molecular complexity index is 860. The van der Waals surface area contributed by atoms with Gasteiger partial charge in [0.2, 0.25) is 0 Å². The van der Waals surface area contributed by atoms with Crippen molar-refractivity contribution < 1.29 is 8.42 Å². The SMILES string of the molecule is N#Cc1cccc(Nc2cc(NC3CCS(=O)(=O)C3)ncn2)c1. The number of nitriles is 1. The van der Waals surface area contributed by atoms with Gasteiger partial charge in [-0.2, -0.15) is 5.26 Å². The van der Waals surface area contributed by atoms with Gasteiger partial charge in [-0.25, -0.2) is 18.4 Å². The number of hydrogen-bond donors (Lipinski definition) is 2. The van der Waals surface area contributed by atoms with E-state index in [1.807, 2.05) is 6.07 Å². The Morgan fingerprint density at radius 3 is 2.78 bits per heavy atom. The van der Waals surface area contributed by atoms with Gasteiger partial charge < -0.3 is 10.6 Å². The van der Waals surface area contributed by atoms with Crippen molar-refractivity contribution in [2.24, 2.45) is 0 Å². The van der Waals surface area contributed by atoms with Crippen molar-refractivity contribution in [2.45, 2.75) is 12.5 Å². The fraction of sp³-hybridized carbons (Fsp3) is 0.267. The lowest BCUT2D eigenvalue weighted by molar-refractivity contribution is 0.602. The zero-order valence-corrected chi connectivity index (χ0v) is 13.0. The van der Waals surface area contributed by atoms with Gasteiger partial charge in [0, 0.05) is 17.8 Å². The molecule has 7 nitrogen and oxygen atoms in total. The van der Waals surface area contributed by atoms with Gasteiger partial charge >= 0.3 is 0 Å². The van der Waals surface area contributed by atoms with E-state index in [0.717, 1.165) is 5.69 Å². The van der Waals surface area contributed by atoms with E-state index in [9.17, 15) is 8.42 Å². The molecule has 0 radical (unpaired) electrons. The highest BCUT2D eigenvalue weighted by Gasteiger charge is 2.27. The number of aromatic nitrogens is 2. The van der Waals surface area contributed by atoms with Crippen molar-refractivity contribution in [3.63, 3.8) is 0 Å². The second-order valence-corrected chi connectivity index (χ2v) is 7.58. The lowest BCUT2D eigenvalue weighted by Crippen LogP contribution is -2.21. The topological polar surface area (TPSA) is 108 Å². The van der Waals surface area contributed by atoms with Gasteiger partial charge in [-0.15, -0.1) is 0 Å². The second-order valence-electron chi connectivity index (χ2n) is 5.35. The number of anilines is 3. The van der Waals surface area contributed by atoms with E-state index in [4.69, 9.17) is 5.26 Å². The van der Waals surface area contributed by atoms with Gasteiger partial charge in [-0.3, -0.25) is 0 Å². The summed E-state index contributed by atoms with van der Waals surface area (Å²) in [5.74, 6) is 1.48. The minimum absolute atomic E-state index is 0.121. The van der Waals surface area contributed by atoms with Gasteiger partial charge in [-0.1, -0.05) is 6.07 Å². The molecule has 1 aromatic heterocycles. The maximum Gasteiger partial charge on any atom is 0.152 e. The first kappa shape index (κ1) is 15.2. The van der Waals surface area contributed by atoms with Crippen molar-refractivity contribution in [1.29, 1.82) is 5.26 Å². The predicted octanol–water partition coefficient (Wildman–Crippen LogP) is 1.69. The van der Waals surface area contributed by atoms with Crippen molar-refractivity contribution >= 4 is 27.2 Å². The standard InChI is InChI=1S/C15H15N5O2S/c16-8-11-2-1-3-12(6-11)19-14-7-15(18-10-17-14)20-13-4-5-23(21,22)9-13/h1-3,6-7,10,13H,4-5,9H2,(H2,17,18,19,20). The van der Waals surface area contributed by atoms with Crippen LogP contribution in [0.2, 0.25) is 0 Å². The molecule has 1 unspecified atom stereocenters. The second kappa shape index (κ2) is 6.22. The van der Waals surface area contributed by atoms with Crippen molar-refractivity contribution in [3.05, 3.63) is 42.2 Å². The molecule has 0 amide bonds. The van der Waals surface area contributed by atoms with E-state index in [1.54, 1.807) is 24.3 Å². The molecule has 1 aromatic carbocycles. The Hall–Kier alpha value is -2.66. The highest BCUT2D eigenvalue weighted by molar-refractivity contribution is 7.91. The Labute approximate surface area is 134 Å². The first-order valence-corrected chi connectivity index (χ1v) is 8.92. The largest absolute Gasteiger partial charge is 0.366 e. The lowest BCUT2D eigenvalue weighted by atomic mass is 10.2. The highest BCUT2D eigenvalue weighted by atomic mass is 32.2. The summed E-state index contributed by atoms with van der Waals surface area (Å²) in [7, 11) is -2.93. The third-order valence-electron chi connectivity index (χ3n) is 3.52. The maximum absolute atomic E-state index is 11.5. The van der Waals surface area contributed by atoms with E-state index >= 15 is 0 Å². The van der Waals surface area contributed by atoms with Crippen molar-refractivity contribution in [1.82, 2.24) is 9.97 Å². The van der Waals surface area contributed by atoms with Crippen LogP contribution in [0.15, 0.2) is 36.7 Å². The molecular weight excluding hydrogens is 314 g/mol. The summed E-state index contributed by atoms with van der Waals surface area (Å²) in [6, 6.07) is 10.7. The first-order valence-electron chi connectivity index (χ1n) is 7.10. The molecule has 0 spiro atoms. The van der Waals surface area contributed by atoms with Crippen LogP contribution < -0.4 is 10.6 Å². The van der Waals surface area contributed by atoms with E-state index < -0.39 is 9.84 Å². The Kier molecular flexibility index (Phi) is 4.12. The Balaban J connectivity index is 1.71. The zero-order chi connectivity index (χ0) is 16.3. The number of hydrogen-bond acceptors (Lipinski definition) is 7. The van der Waals surface area contributed by atoms with E-state index in [2.05, 4.69) is 26.7 Å². The Morgan fingerprint density at radius 1 is 1.22 bits per heavy atom. The van der Waals surface area contributed by atoms with Crippen LogP contribution in [0.5, 0.6) is 0 Å². The van der Waals surface area contributed by atoms with Gasteiger partial charge in [0.1, 0.15) is 18.0 Å². The molecule has 0 aliphatic carbocycles. The first-order chi connectivity index (χ1) is 11.0. The molecule has 1 aliphatic heterocycles. The molecule has 23 heavy (non-hydrogen) atoms. The third-order valence-corrected chi connectivity index (χ3v) is 5.28. The minimum atomic E-state index is -2.93. The van der Waals surface area contributed by atoms with Crippen LogP contribution in [0.1, 0.15) is 12.0 Å². The smallest absolute Gasteiger partial charge is 0.152 e. The zero-order valence-electron chi connectivity index (χ0n) is 12.2. The number of rotatable bonds is 4. The molecule has 118 valence electrons. The number of nitrogens with zero attached hydrogens (tertiary/aromatic N) is 3. The summed E-state index contributed by atoms with van der Waals surface area (Å²) >= 11 is 0. The molecule has 1 aliphatic rings. The Morgan fingerprint density at radius 2 is 2.04 bits per heavy atom. The van der Waals surface area contributed by atoms with Crippen LogP contribution in [0, 0.1) is 11.3 Å². The van der Waals surface area contributed by atoms with E-state index in [1.165, 1.54) is 6.33 Å². The fourth-order valence-corrected chi connectivity index (χ4v) is 4.11. The molecule has 2 aromatic rings. The summed E-state index contributed by atoms with van der Waals surface area (Å²) in [5.41, 5.74) is 1.30. The average Bonchev–Trinajstić information content (AvgIpc) is 2.86. The van der Waals surface area contributed by atoms with Crippen LogP contribution in [0.25, 0.3) is 0 Å². The lowest BCUT2D eigenvalue weighted by Gasteiger charge is -2.12. The molecule has 2 N–H and O–H groups in total. The van der Waals surface area contributed by atoms with Crippen LogP contribution in [0.4, 0.5) is 17.3 Å². The normalized spacial score (nSPS) is 19.0. The molecule has 2 heterocycles. The maximum atomic E-state index is 11.5. The summed E-state index contributed by atoms with van der Waals surface area (Å²) in [6.07, 6.45) is 1.99. The molecule has 3 rings (SSSR count). The third kappa shape index (κ3) is 3.96. The van der Waals surface area contributed by atoms with Crippen LogP contribution in [-0.2, 0) is 9.84 Å². The van der Waals surface area contributed by atoms with Crippen LogP contribution in [-0.4, -0.2) is 35.9 Å². The predicted molar refractivity (Wildman–Crippen MR) is 87.2 cm³/mol. The molecule has 0 bridgehead atoms. The summed E-state index contributed by atoms with van der Waals surface area (Å²) < 4.78 is 23.0. The van der Waals surface area contributed by atoms with Crippen LogP contribution >= 0.6 is 0 Å². The quantitative estimate of drug-likeness (QED) is 0.878. The molecule has 8 heteroatoms. The van der Waals surface area contributed by atoms with E-state index in [-0.39, 0.29) is 17.5 Å². The fourth-order valence-electron chi connectivity index (χ4n) is 2.44. The van der Waals surface area contributed by atoms with Gasteiger partial charge in [-0.05, 0) is 24.6 Å². The van der Waals surface area contributed by atoms with E-state index in [0.29, 0.717) is 23.6 Å². The van der Waals surface area contributed by atoms with Gasteiger partial charge in [0.15, 0.2) is 9.84 Å². The van der Waals surface area contributed by atoms with Gasteiger partial charge in [0.05, 0.1) is 23.1 Å². The summed E-state index contributed by atoms with van der Waals surface area (Å²) in [4.78, 5) is 8.25. The summed E-state index contributed by atoms with van der Waals surface area (Å²) in [6.45, 7) is 0. The number of nitrogens with one attached hydrogen (secondary N) is 2. The average molecular weight is 329 g/mol. The molecule has 1 saturated heterocycles. The molecule has 1 fully saturated rings. The minimum Gasteiger partial charge on any atom is -0.366 e. The van der Waals surface area contributed by atoms with Crippen molar-refractivity contribution in [3.8, 4) is 6.07 Å². The molecular formula is C15H15N5O2S. The monoisotopic (exact) mass is 329 g/mol.